The number of hydrogen-bond donors (Lipinski definition) is 2. The Hall–Kier alpha value is -2.12. The quantitative estimate of drug-likeness (QED) is 0.907. The first-order valence-electron chi connectivity index (χ1n) is 7.12. The lowest BCUT2D eigenvalue weighted by molar-refractivity contribution is 0.0710. The molecule has 1 aliphatic rings. The molecule has 0 bridgehead atoms. The van der Waals surface area contributed by atoms with Gasteiger partial charge < -0.3 is 20.4 Å². The number of anilines is 1. The SMILES string of the molecule is NC1CCCN(C(=O)c2ccsc2NC(=O)c2ccco2)C1. The minimum atomic E-state index is -0.364. The van der Waals surface area contributed by atoms with Gasteiger partial charge in [-0.05, 0) is 36.4 Å². The highest BCUT2D eigenvalue weighted by Crippen LogP contribution is 2.26. The number of likely N-dealkylation sites (tertiary alicyclic amines) is 1. The predicted molar refractivity (Wildman–Crippen MR) is 84.1 cm³/mol. The number of nitrogens with one attached hydrogen (secondary N) is 1. The van der Waals surface area contributed by atoms with E-state index in [4.69, 9.17) is 10.2 Å². The van der Waals surface area contributed by atoms with Gasteiger partial charge in [-0.3, -0.25) is 9.59 Å². The lowest BCUT2D eigenvalue weighted by atomic mass is 10.1. The Morgan fingerprint density at radius 1 is 1.41 bits per heavy atom. The maximum absolute atomic E-state index is 12.6. The fourth-order valence-electron chi connectivity index (χ4n) is 2.51. The smallest absolute Gasteiger partial charge is 0.291 e. The molecular formula is C15H17N3O3S. The van der Waals surface area contributed by atoms with Gasteiger partial charge in [0.15, 0.2) is 5.76 Å². The summed E-state index contributed by atoms with van der Waals surface area (Å²) < 4.78 is 5.06. The molecule has 1 unspecified atom stereocenters. The third-order valence-corrected chi connectivity index (χ3v) is 4.44. The van der Waals surface area contributed by atoms with Crippen molar-refractivity contribution in [1.82, 2.24) is 4.90 Å². The van der Waals surface area contributed by atoms with Gasteiger partial charge in [-0.25, -0.2) is 0 Å². The Kier molecular flexibility index (Phi) is 4.26. The topological polar surface area (TPSA) is 88.6 Å². The number of amides is 2. The van der Waals surface area contributed by atoms with Crippen molar-refractivity contribution in [3.05, 3.63) is 41.2 Å². The summed E-state index contributed by atoms with van der Waals surface area (Å²) >= 11 is 1.32. The van der Waals surface area contributed by atoms with Crippen LogP contribution < -0.4 is 11.1 Å². The molecule has 22 heavy (non-hydrogen) atoms. The maximum atomic E-state index is 12.6. The number of hydrogen-bond acceptors (Lipinski definition) is 5. The van der Waals surface area contributed by atoms with Crippen molar-refractivity contribution < 1.29 is 14.0 Å². The summed E-state index contributed by atoms with van der Waals surface area (Å²) in [4.78, 5) is 26.4. The first kappa shape index (κ1) is 14.8. The predicted octanol–water partition coefficient (Wildman–Crippen LogP) is 2.16. The van der Waals surface area contributed by atoms with Gasteiger partial charge in [-0.1, -0.05) is 0 Å². The Labute approximate surface area is 131 Å². The zero-order chi connectivity index (χ0) is 15.5. The molecule has 3 N–H and O–H groups in total. The van der Waals surface area contributed by atoms with E-state index in [1.54, 1.807) is 28.5 Å². The number of carbonyl (C=O) groups is 2. The average molecular weight is 319 g/mol. The van der Waals surface area contributed by atoms with E-state index < -0.39 is 0 Å². The van der Waals surface area contributed by atoms with Crippen LogP contribution in [-0.4, -0.2) is 35.8 Å². The van der Waals surface area contributed by atoms with E-state index in [-0.39, 0.29) is 23.6 Å². The Morgan fingerprint density at radius 2 is 2.27 bits per heavy atom. The Morgan fingerprint density at radius 3 is 3.00 bits per heavy atom. The summed E-state index contributed by atoms with van der Waals surface area (Å²) in [5.74, 6) is -0.241. The number of nitrogens with zero attached hydrogens (tertiary/aromatic N) is 1. The van der Waals surface area contributed by atoms with Crippen molar-refractivity contribution in [2.45, 2.75) is 18.9 Å². The van der Waals surface area contributed by atoms with E-state index in [0.29, 0.717) is 23.7 Å². The lowest BCUT2D eigenvalue weighted by Gasteiger charge is -2.30. The highest BCUT2D eigenvalue weighted by atomic mass is 32.1. The molecule has 0 spiro atoms. The van der Waals surface area contributed by atoms with Crippen LogP contribution in [0, 0.1) is 0 Å². The van der Waals surface area contributed by atoms with E-state index >= 15 is 0 Å². The minimum Gasteiger partial charge on any atom is -0.459 e. The van der Waals surface area contributed by atoms with Crippen LogP contribution in [0.25, 0.3) is 0 Å². The number of rotatable bonds is 3. The summed E-state index contributed by atoms with van der Waals surface area (Å²) in [7, 11) is 0. The van der Waals surface area contributed by atoms with Crippen LogP contribution in [0.3, 0.4) is 0 Å². The molecule has 2 amide bonds. The van der Waals surface area contributed by atoms with E-state index in [9.17, 15) is 9.59 Å². The van der Waals surface area contributed by atoms with Gasteiger partial charge in [0, 0.05) is 19.1 Å². The number of piperidine rings is 1. The van der Waals surface area contributed by atoms with Crippen molar-refractivity contribution >= 4 is 28.2 Å². The molecule has 2 aromatic heterocycles. The van der Waals surface area contributed by atoms with Gasteiger partial charge in [-0.15, -0.1) is 11.3 Å². The first-order chi connectivity index (χ1) is 10.6. The fourth-order valence-corrected chi connectivity index (χ4v) is 3.29. The van der Waals surface area contributed by atoms with Crippen LogP contribution in [0.1, 0.15) is 33.8 Å². The van der Waals surface area contributed by atoms with Gasteiger partial charge in [-0.2, -0.15) is 0 Å². The molecule has 3 rings (SSSR count). The molecule has 116 valence electrons. The normalized spacial score (nSPS) is 18.2. The van der Waals surface area contributed by atoms with Gasteiger partial charge in [0.2, 0.25) is 0 Å². The van der Waals surface area contributed by atoms with Crippen LogP contribution in [0.4, 0.5) is 5.00 Å². The second-order valence-corrected chi connectivity index (χ2v) is 6.16. The monoisotopic (exact) mass is 319 g/mol. The summed E-state index contributed by atoms with van der Waals surface area (Å²) in [6, 6.07) is 4.97. The van der Waals surface area contributed by atoms with E-state index in [1.807, 2.05) is 0 Å². The molecule has 2 aromatic rings. The zero-order valence-electron chi connectivity index (χ0n) is 12.0. The third kappa shape index (κ3) is 3.05. The van der Waals surface area contributed by atoms with Crippen molar-refractivity contribution in [3.8, 4) is 0 Å². The van der Waals surface area contributed by atoms with Crippen LogP contribution in [0.2, 0.25) is 0 Å². The maximum Gasteiger partial charge on any atom is 0.291 e. The van der Waals surface area contributed by atoms with Crippen molar-refractivity contribution in [1.29, 1.82) is 0 Å². The lowest BCUT2D eigenvalue weighted by Crippen LogP contribution is -2.45. The van der Waals surface area contributed by atoms with Crippen molar-refractivity contribution in [2.75, 3.05) is 18.4 Å². The second kappa shape index (κ2) is 6.33. The molecule has 1 fully saturated rings. The molecule has 0 radical (unpaired) electrons. The van der Waals surface area contributed by atoms with Crippen molar-refractivity contribution in [3.63, 3.8) is 0 Å². The standard InChI is InChI=1S/C15H17N3O3S/c16-10-3-1-6-18(9-10)15(20)11-5-8-22-14(11)17-13(19)12-4-2-7-21-12/h2,4-5,7-8,10H,1,3,6,9,16H2,(H,17,19). The number of thiophene rings is 1. The van der Waals surface area contributed by atoms with Crippen LogP contribution >= 0.6 is 11.3 Å². The summed E-state index contributed by atoms with van der Waals surface area (Å²) in [5.41, 5.74) is 6.42. The van der Waals surface area contributed by atoms with Gasteiger partial charge in [0.1, 0.15) is 5.00 Å². The summed E-state index contributed by atoms with van der Waals surface area (Å²) in [5, 5.41) is 5.05. The van der Waals surface area contributed by atoms with E-state index in [0.717, 1.165) is 12.8 Å². The first-order valence-corrected chi connectivity index (χ1v) is 8.00. The number of nitrogens with two attached hydrogens (primary N) is 1. The molecule has 6 nitrogen and oxygen atoms in total. The minimum absolute atomic E-state index is 0.0255. The Balaban J connectivity index is 1.74. The molecule has 1 atom stereocenters. The molecular weight excluding hydrogens is 302 g/mol. The summed E-state index contributed by atoms with van der Waals surface area (Å²) in [6.45, 7) is 1.26. The largest absolute Gasteiger partial charge is 0.459 e. The van der Waals surface area contributed by atoms with Crippen molar-refractivity contribution in [2.24, 2.45) is 5.73 Å². The second-order valence-electron chi connectivity index (χ2n) is 5.25. The molecule has 0 aromatic carbocycles. The molecule has 3 heterocycles. The number of furan rings is 1. The van der Waals surface area contributed by atoms with Crippen LogP contribution in [0.5, 0.6) is 0 Å². The highest BCUT2D eigenvalue weighted by molar-refractivity contribution is 7.14. The molecule has 7 heteroatoms. The van der Waals surface area contributed by atoms with Gasteiger partial charge in [0.05, 0.1) is 11.8 Å². The van der Waals surface area contributed by atoms with Crippen LogP contribution in [0.15, 0.2) is 34.3 Å². The highest BCUT2D eigenvalue weighted by Gasteiger charge is 2.25. The molecule has 1 aliphatic heterocycles. The number of carbonyl (C=O) groups excluding carboxylic acids is 2. The van der Waals surface area contributed by atoms with Gasteiger partial charge in [0.25, 0.3) is 11.8 Å². The zero-order valence-corrected chi connectivity index (χ0v) is 12.8. The molecule has 1 saturated heterocycles. The van der Waals surface area contributed by atoms with E-state index in [2.05, 4.69) is 5.32 Å². The summed E-state index contributed by atoms with van der Waals surface area (Å²) in [6.07, 6.45) is 3.28. The third-order valence-electron chi connectivity index (χ3n) is 3.61. The van der Waals surface area contributed by atoms with Gasteiger partial charge >= 0.3 is 0 Å². The average Bonchev–Trinajstić information content (AvgIpc) is 3.18. The molecule has 0 aliphatic carbocycles. The Bertz CT molecular complexity index is 665. The fraction of sp³-hybridized carbons (Fsp3) is 0.333. The van der Waals surface area contributed by atoms with E-state index in [1.165, 1.54) is 17.6 Å². The van der Waals surface area contributed by atoms with Crippen LogP contribution in [-0.2, 0) is 0 Å². The molecule has 0 saturated carbocycles.